The van der Waals surface area contributed by atoms with Gasteiger partial charge < -0.3 is 5.32 Å². The van der Waals surface area contributed by atoms with Crippen molar-refractivity contribution in [2.24, 2.45) is 0 Å². The van der Waals surface area contributed by atoms with Crippen molar-refractivity contribution < 1.29 is 4.79 Å². The molecule has 0 spiro atoms. The standard InChI is InChI=1S/C19H20ClNO/c1-13(2)16-10-7-15(8-11-16)9-12-19(22)21-18-6-4-5-17(20)14(18)3/h4-13H,1-3H3,(H,21,22). The Kier molecular flexibility index (Phi) is 5.40. The van der Waals surface area contributed by atoms with Crippen LogP contribution in [0.1, 0.15) is 36.5 Å². The van der Waals surface area contributed by atoms with Gasteiger partial charge in [-0.3, -0.25) is 4.79 Å². The second kappa shape index (κ2) is 7.28. The molecule has 0 saturated heterocycles. The second-order valence-electron chi connectivity index (χ2n) is 5.56. The highest BCUT2D eigenvalue weighted by molar-refractivity contribution is 6.31. The van der Waals surface area contributed by atoms with Crippen LogP contribution in [-0.4, -0.2) is 5.91 Å². The Labute approximate surface area is 136 Å². The molecule has 2 nitrogen and oxygen atoms in total. The molecule has 0 bridgehead atoms. The molecule has 0 aromatic heterocycles. The third kappa shape index (κ3) is 4.22. The van der Waals surface area contributed by atoms with Gasteiger partial charge in [0, 0.05) is 16.8 Å². The van der Waals surface area contributed by atoms with Crippen molar-refractivity contribution in [3.05, 3.63) is 70.3 Å². The van der Waals surface area contributed by atoms with Gasteiger partial charge in [0.05, 0.1) is 0 Å². The van der Waals surface area contributed by atoms with Gasteiger partial charge in [-0.25, -0.2) is 0 Å². The van der Waals surface area contributed by atoms with Crippen molar-refractivity contribution in [3.8, 4) is 0 Å². The van der Waals surface area contributed by atoms with Crippen LogP contribution in [0.25, 0.3) is 6.08 Å². The van der Waals surface area contributed by atoms with Crippen molar-refractivity contribution in [3.63, 3.8) is 0 Å². The first kappa shape index (κ1) is 16.3. The Balaban J connectivity index is 2.03. The number of nitrogens with one attached hydrogen (secondary N) is 1. The van der Waals surface area contributed by atoms with E-state index in [0.29, 0.717) is 10.9 Å². The van der Waals surface area contributed by atoms with E-state index in [1.54, 1.807) is 12.1 Å². The molecular weight excluding hydrogens is 294 g/mol. The lowest BCUT2D eigenvalue weighted by atomic mass is 10.0. The number of rotatable bonds is 4. The van der Waals surface area contributed by atoms with Crippen molar-refractivity contribution in [1.29, 1.82) is 0 Å². The molecule has 0 aliphatic carbocycles. The van der Waals surface area contributed by atoms with Crippen LogP contribution in [0.4, 0.5) is 5.69 Å². The van der Waals surface area contributed by atoms with Crippen LogP contribution in [0.3, 0.4) is 0 Å². The topological polar surface area (TPSA) is 29.1 Å². The maximum atomic E-state index is 12.0. The number of halogens is 1. The molecule has 22 heavy (non-hydrogen) atoms. The van der Waals surface area contributed by atoms with Gasteiger partial charge in [0.25, 0.3) is 0 Å². The van der Waals surface area contributed by atoms with Gasteiger partial charge in [0.15, 0.2) is 0 Å². The first-order chi connectivity index (χ1) is 10.5. The molecule has 2 rings (SSSR count). The lowest BCUT2D eigenvalue weighted by Gasteiger charge is -2.07. The van der Waals surface area contributed by atoms with Gasteiger partial charge in [0.1, 0.15) is 0 Å². The van der Waals surface area contributed by atoms with E-state index in [-0.39, 0.29) is 5.91 Å². The molecule has 1 amide bonds. The Hall–Kier alpha value is -2.06. The van der Waals surface area contributed by atoms with Crippen molar-refractivity contribution in [2.75, 3.05) is 5.32 Å². The van der Waals surface area contributed by atoms with Crippen molar-refractivity contribution in [2.45, 2.75) is 26.7 Å². The predicted molar refractivity (Wildman–Crippen MR) is 94.4 cm³/mol. The molecule has 0 aliphatic heterocycles. The minimum absolute atomic E-state index is 0.168. The lowest BCUT2D eigenvalue weighted by Crippen LogP contribution is -2.08. The number of benzene rings is 2. The van der Waals surface area contributed by atoms with E-state index in [1.165, 1.54) is 11.6 Å². The van der Waals surface area contributed by atoms with Crippen LogP contribution in [0, 0.1) is 6.92 Å². The summed E-state index contributed by atoms with van der Waals surface area (Å²) >= 11 is 6.04. The van der Waals surface area contributed by atoms with Crippen LogP contribution >= 0.6 is 11.6 Å². The molecule has 114 valence electrons. The van der Waals surface area contributed by atoms with Crippen LogP contribution in [0.2, 0.25) is 5.02 Å². The Morgan fingerprint density at radius 1 is 1.14 bits per heavy atom. The van der Waals surface area contributed by atoms with E-state index in [1.807, 2.05) is 31.2 Å². The number of anilines is 1. The molecule has 0 fully saturated rings. The Morgan fingerprint density at radius 2 is 1.82 bits per heavy atom. The molecule has 3 heteroatoms. The monoisotopic (exact) mass is 313 g/mol. The summed E-state index contributed by atoms with van der Waals surface area (Å²) in [6.07, 6.45) is 3.34. The number of carbonyl (C=O) groups is 1. The molecule has 1 N–H and O–H groups in total. The number of carbonyl (C=O) groups excluding carboxylic acids is 1. The molecule has 0 radical (unpaired) electrons. The van der Waals surface area contributed by atoms with E-state index < -0.39 is 0 Å². The maximum absolute atomic E-state index is 12.0. The molecular formula is C19H20ClNO. The van der Waals surface area contributed by atoms with E-state index in [2.05, 4.69) is 31.3 Å². The summed E-state index contributed by atoms with van der Waals surface area (Å²) in [4.78, 5) is 12.0. The molecule has 2 aromatic rings. The average molecular weight is 314 g/mol. The average Bonchev–Trinajstić information content (AvgIpc) is 2.50. The zero-order valence-electron chi connectivity index (χ0n) is 13.1. The summed E-state index contributed by atoms with van der Waals surface area (Å²) in [5.41, 5.74) is 3.89. The first-order valence-electron chi connectivity index (χ1n) is 7.31. The fourth-order valence-corrected chi connectivity index (χ4v) is 2.26. The molecule has 0 heterocycles. The molecule has 0 aliphatic rings. The molecule has 0 unspecified atom stereocenters. The summed E-state index contributed by atoms with van der Waals surface area (Å²) in [7, 11) is 0. The highest BCUT2D eigenvalue weighted by Gasteiger charge is 2.04. The van der Waals surface area contributed by atoms with E-state index in [9.17, 15) is 4.79 Å². The highest BCUT2D eigenvalue weighted by Crippen LogP contribution is 2.23. The SMILES string of the molecule is Cc1c(Cl)cccc1NC(=O)C=Cc1ccc(C(C)C)cc1. The fraction of sp³-hybridized carbons (Fsp3) is 0.211. The van der Waals surface area contributed by atoms with Gasteiger partial charge in [-0.05, 0) is 47.7 Å². The zero-order valence-corrected chi connectivity index (χ0v) is 13.8. The van der Waals surface area contributed by atoms with Crippen molar-refractivity contribution >= 4 is 29.3 Å². The summed E-state index contributed by atoms with van der Waals surface area (Å²) in [5, 5.41) is 3.49. The Bertz CT molecular complexity index is 687. The normalized spacial score (nSPS) is 11.1. The Morgan fingerprint density at radius 3 is 2.45 bits per heavy atom. The van der Waals surface area contributed by atoms with Gasteiger partial charge in [-0.2, -0.15) is 0 Å². The van der Waals surface area contributed by atoms with Crippen LogP contribution < -0.4 is 5.32 Å². The third-order valence-corrected chi connectivity index (χ3v) is 3.97. The third-order valence-electron chi connectivity index (χ3n) is 3.56. The maximum Gasteiger partial charge on any atom is 0.248 e. The smallest absolute Gasteiger partial charge is 0.248 e. The van der Waals surface area contributed by atoms with Crippen LogP contribution in [-0.2, 0) is 4.79 Å². The number of hydrogen-bond acceptors (Lipinski definition) is 1. The summed E-state index contributed by atoms with van der Waals surface area (Å²) in [5.74, 6) is 0.338. The van der Waals surface area contributed by atoms with Gasteiger partial charge >= 0.3 is 0 Å². The predicted octanol–water partition coefficient (Wildman–Crippen LogP) is 5.42. The minimum atomic E-state index is -0.168. The summed E-state index contributed by atoms with van der Waals surface area (Å²) in [6, 6.07) is 13.7. The van der Waals surface area contributed by atoms with Crippen LogP contribution in [0.15, 0.2) is 48.5 Å². The minimum Gasteiger partial charge on any atom is -0.322 e. The number of amides is 1. The van der Waals surface area contributed by atoms with Gasteiger partial charge in [-0.15, -0.1) is 0 Å². The second-order valence-corrected chi connectivity index (χ2v) is 5.96. The summed E-state index contributed by atoms with van der Waals surface area (Å²) < 4.78 is 0. The first-order valence-corrected chi connectivity index (χ1v) is 7.69. The quantitative estimate of drug-likeness (QED) is 0.750. The molecule has 0 atom stereocenters. The van der Waals surface area contributed by atoms with Crippen molar-refractivity contribution in [1.82, 2.24) is 0 Å². The fourth-order valence-electron chi connectivity index (χ4n) is 2.08. The lowest BCUT2D eigenvalue weighted by molar-refractivity contribution is -0.111. The van der Waals surface area contributed by atoms with E-state index in [0.717, 1.165) is 16.8 Å². The molecule has 0 saturated carbocycles. The summed E-state index contributed by atoms with van der Waals surface area (Å²) in [6.45, 7) is 6.20. The van der Waals surface area contributed by atoms with E-state index in [4.69, 9.17) is 11.6 Å². The van der Waals surface area contributed by atoms with E-state index >= 15 is 0 Å². The zero-order chi connectivity index (χ0) is 16.1. The molecule has 2 aromatic carbocycles. The van der Waals surface area contributed by atoms with Crippen LogP contribution in [0.5, 0.6) is 0 Å². The van der Waals surface area contributed by atoms with Gasteiger partial charge in [-0.1, -0.05) is 55.8 Å². The largest absolute Gasteiger partial charge is 0.322 e. The highest BCUT2D eigenvalue weighted by atomic mass is 35.5. The van der Waals surface area contributed by atoms with Gasteiger partial charge in [0.2, 0.25) is 5.91 Å². The number of hydrogen-bond donors (Lipinski definition) is 1.